The summed E-state index contributed by atoms with van der Waals surface area (Å²) in [5.41, 5.74) is 2.08. The van der Waals surface area contributed by atoms with Crippen molar-refractivity contribution in [1.82, 2.24) is 15.0 Å². The van der Waals surface area contributed by atoms with Gasteiger partial charge < -0.3 is 4.74 Å². The number of aromatic nitrogens is 3. The van der Waals surface area contributed by atoms with Crippen LogP contribution in [0.1, 0.15) is 24.7 Å². The van der Waals surface area contributed by atoms with E-state index in [2.05, 4.69) is 23.3 Å². The number of methoxy groups -OCH3 is 1. The molecule has 0 bridgehead atoms. The van der Waals surface area contributed by atoms with Gasteiger partial charge in [0.25, 0.3) is 0 Å². The van der Waals surface area contributed by atoms with Gasteiger partial charge in [0.2, 0.25) is 0 Å². The van der Waals surface area contributed by atoms with E-state index in [4.69, 9.17) is 10.00 Å². The highest BCUT2D eigenvalue weighted by molar-refractivity contribution is 5.41. The molecule has 5 nitrogen and oxygen atoms in total. The number of benzene rings is 1. The molecule has 5 heteroatoms. The minimum absolute atomic E-state index is 0.389. The fourth-order valence-electron chi connectivity index (χ4n) is 1.80. The molecular formula is C13H14N4O. The van der Waals surface area contributed by atoms with Crippen molar-refractivity contribution in [2.24, 2.45) is 0 Å². The van der Waals surface area contributed by atoms with Gasteiger partial charge in [-0.2, -0.15) is 5.26 Å². The van der Waals surface area contributed by atoms with Crippen LogP contribution in [0.3, 0.4) is 0 Å². The number of nitriles is 1. The molecule has 18 heavy (non-hydrogen) atoms. The zero-order valence-corrected chi connectivity index (χ0v) is 10.4. The van der Waals surface area contributed by atoms with Crippen LogP contribution < -0.4 is 4.74 Å². The van der Waals surface area contributed by atoms with Gasteiger partial charge in [-0.3, -0.25) is 0 Å². The lowest BCUT2D eigenvalue weighted by Crippen LogP contribution is -2.03. The van der Waals surface area contributed by atoms with E-state index < -0.39 is 0 Å². The summed E-state index contributed by atoms with van der Waals surface area (Å²) in [4.78, 5) is 0. The third kappa shape index (κ3) is 2.18. The van der Waals surface area contributed by atoms with Crippen LogP contribution in [-0.4, -0.2) is 22.1 Å². The predicted molar refractivity (Wildman–Crippen MR) is 66.6 cm³/mol. The minimum Gasteiger partial charge on any atom is -0.497 e. The molecule has 2 aromatic rings. The molecular weight excluding hydrogens is 228 g/mol. The van der Waals surface area contributed by atoms with Gasteiger partial charge in [-0.15, -0.1) is 5.10 Å². The highest BCUT2D eigenvalue weighted by atomic mass is 16.5. The van der Waals surface area contributed by atoms with E-state index >= 15 is 0 Å². The van der Waals surface area contributed by atoms with Gasteiger partial charge in [0.15, 0.2) is 5.69 Å². The second kappa shape index (κ2) is 5.32. The van der Waals surface area contributed by atoms with Crippen LogP contribution in [0.2, 0.25) is 0 Å². The number of rotatable bonds is 4. The second-order valence-electron chi connectivity index (χ2n) is 3.86. The zero-order chi connectivity index (χ0) is 13.0. The van der Waals surface area contributed by atoms with Crippen molar-refractivity contribution in [2.45, 2.75) is 19.8 Å². The fraction of sp³-hybridized carbons (Fsp3) is 0.308. The van der Waals surface area contributed by atoms with Gasteiger partial charge >= 0.3 is 0 Å². The van der Waals surface area contributed by atoms with Crippen molar-refractivity contribution in [3.63, 3.8) is 0 Å². The lowest BCUT2D eigenvalue weighted by atomic mass is 10.2. The quantitative estimate of drug-likeness (QED) is 0.823. The topological polar surface area (TPSA) is 63.7 Å². The van der Waals surface area contributed by atoms with E-state index in [9.17, 15) is 0 Å². The Labute approximate surface area is 106 Å². The molecule has 0 radical (unpaired) electrons. The van der Waals surface area contributed by atoms with E-state index in [0.29, 0.717) is 5.69 Å². The van der Waals surface area contributed by atoms with Crippen LogP contribution in [-0.2, 0) is 6.42 Å². The number of nitrogens with zero attached hydrogens (tertiary/aromatic N) is 4. The summed E-state index contributed by atoms with van der Waals surface area (Å²) < 4.78 is 6.88. The first-order valence-electron chi connectivity index (χ1n) is 5.79. The third-order valence-electron chi connectivity index (χ3n) is 2.65. The van der Waals surface area contributed by atoms with Crippen molar-refractivity contribution in [3.05, 3.63) is 35.7 Å². The number of hydrogen-bond acceptors (Lipinski definition) is 4. The molecule has 0 fully saturated rings. The lowest BCUT2D eigenvalue weighted by molar-refractivity contribution is 0.414. The largest absolute Gasteiger partial charge is 0.497 e. The smallest absolute Gasteiger partial charge is 0.186 e. The van der Waals surface area contributed by atoms with Crippen LogP contribution in [0.25, 0.3) is 5.69 Å². The molecule has 92 valence electrons. The highest BCUT2D eigenvalue weighted by Gasteiger charge is 2.13. The Morgan fingerprint density at radius 3 is 2.94 bits per heavy atom. The Bertz CT molecular complexity index is 583. The van der Waals surface area contributed by atoms with Crippen LogP contribution in [0.15, 0.2) is 24.3 Å². The molecule has 0 spiro atoms. The molecule has 0 aliphatic carbocycles. The van der Waals surface area contributed by atoms with Gasteiger partial charge in [0.1, 0.15) is 11.8 Å². The Morgan fingerprint density at radius 1 is 1.44 bits per heavy atom. The average Bonchev–Trinajstić information content (AvgIpc) is 2.82. The number of hydrogen-bond donors (Lipinski definition) is 0. The molecule has 0 saturated carbocycles. The maximum absolute atomic E-state index is 9.02. The lowest BCUT2D eigenvalue weighted by Gasteiger charge is -2.07. The summed E-state index contributed by atoms with van der Waals surface area (Å²) >= 11 is 0. The molecule has 0 aliphatic rings. The average molecular weight is 242 g/mol. The SMILES string of the molecule is CCCc1c(C#N)nnn1-c1cccc(OC)c1. The van der Waals surface area contributed by atoms with Gasteiger partial charge in [0, 0.05) is 6.07 Å². The fourth-order valence-corrected chi connectivity index (χ4v) is 1.80. The van der Waals surface area contributed by atoms with Gasteiger partial charge in [-0.1, -0.05) is 24.6 Å². The summed E-state index contributed by atoms with van der Waals surface area (Å²) in [6, 6.07) is 9.61. The summed E-state index contributed by atoms with van der Waals surface area (Å²) in [6.07, 6.45) is 1.71. The molecule has 1 heterocycles. The van der Waals surface area contributed by atoms with Crippen LogP contribution in [0.5, 0.6) is 5.75 Å². The molecule has 2 rings (SSSR count). The van der Waals surface area contributed by atoms with E-state index in [-0.39, 0.29) is 0 Å². The summed E-state index contributed by atoms with van der Waals surface area (Å²) in [6.45, 7) is 2.06. The maximum Gasteiger partial charge on any atom is 0.186 e. The highest BCUT2D eigenvalue weighted by Crippen LogP contribution is 2.19. The van der Waals surface area contributed by atoms with E-state index in [1.807, 2.05) is 24.3 Å². The van der Waals surface area contributed by atoms with Crippen molar-refractivity contribution in [3.8, 4) is 17.5 Å². The Hall–Kier alpha value is -2.35. The minimum atomic E-state index is 0.389. The summed E-state index contributed by atoms with van der Waals surface area (Å²) in [7, 11) is 1.62. The molecule has 1 aromatic carbocycles. The maximum atomic E-state index is 9.02. The van der Waals surface area contributed by atoms with Gasteiger partial charge in [0.05, 0.1) is 18.5 Å². The first-order chi connectivity index (χ1) is 8.80. The zero-order valence-electron chi connectivity index (χ0n) is 10.4. The molecule has 0 amide bonds. The Morgan fingerprint density at radius 2 is 2.28 bits per heavy atom. The van der Waals surface area contributed by atoms with Crippen molar-refractivity contribution in [2.75, 3.05) is 7.11 Å². The third-order valence-corrected chi connectivity index (χ3v) is 2.65. The monoisotopic (exact) mass is 242 g/mol. The van der Waals surface area contributed by atoms with E-state index in [1.54, 1.807) is 11.8 Å². The van der Waals surface area contributed by atoms with Crippen molar-refractivity contribution >= 4 is 0 Å². The summed E-state index contributed by atoms with van der Waals surface area (Å²) in [5, 5.41) is 17.0. The Balaban J connectivity index is 2.49. The van der Waals surface area contributed by atoms with Crippen LogP contribution >= 0.6 is 0 Å². The predicted octanol–water partition coefficient (Wildman–Crippen LogP) is 2.10. The second-order valence-corrected chi connectivity index (χ2v) is 3.86. The molecule has 0 unspecified atom stereocenters. The normalized spacial score (nSPS) is 10.1. The Kier molecular flexibility index (Phi) is 3.58. The molecule has 0 aliphatic heterocycles. The standard InChI is InChI=1S/C13H14N4O/c1-3-5-13-12(9-14)15-16-17(13)10-6-4-7-11(8-10)18-2/h4,6-8H,3,5H2,1-2H3. The van der Waals surface area contributed by atoms with Crippen molar-refractivity contribution < 1.29 is 4.74 Å². The first-order valence-corrected chi connectivity index (χ1v) is 5.79. The van der Waals surface area contributed by atoms with Gasteiger partial charge in [-0.05, 0) is 18.6 Å². The first kappa shape index (κ1) is 12.1. The van der Waals surface area contributed by atoms with Crippen LogP contribution in [0.4, 0.5) is 0 Å². The number of ether oxygens (including phenoxy) is 1. The molecule has 1 aromatic heterocycles. The van der Waals surface area contributed by atoms with Gasteiger partial charge in [-0.25, -0.2) is 4.68 Å². The molecule has 0 saturated heterocycles. The molecule has 0 atom stereocenters. The van der Waals surface area contributed by atoms with E-state index in [1.165, 1.54) is 0 Å². The van der Waals surface area contributed by atoms with E-state index in [0.717, 1.165) is 30.0 Å². The molecule has 0 N–H and O–H groups in total. The summed E-state index contributed by atoms with van der Waals surface area (Å²) in [5.74, 6) is 0.754. The van der Waals surface area contributed by atoms with Crippen LogP contribution in [0, 0.1) is 11.3 Å². The van der Waals surface area contributed by atoms with Crippen molar-refractivity contribution in [1.29, 1.82) is 5.26 Å².